The monoisotopic (exact) mass is 368 g/mol. The average Bonchev–Trinajstić information content (AvgIpc) is 3.00. The van der Waals surface area contributed by atoms with Gasteiger partial charge in [-0.1, -0.05) is 42.5 Å². The molecule has 130 valence electrons. The third-order valence-corrected chi connectivity index (χ3v) is 4.29. The Labute approximate surface area is 141 Å². The number of primary sulfonamides is 1. The molecule has 2 aromatic carbocycles. The number of hydrogen-bond acceptors (Lipinski definition) is 4. The van der Waals surface area contributed by atoms with Crippen LogP contribution < -0.4 is 5.14 Å². The Morgan fingerprint density at radius 2 is 1.52 bits per heavy atom. The smallest absolute Gasteiger partial charge is 0.432 e. The first-order valence-corrected chi connectivity index (χ1v) is 8.47. The lowest BCUT2D eigenvalue weighted by atomic mass is 10.1. The van der Waals surface area contributed by atoms with Gasteiger partial charge in [0.05, 0.1) is 4.90 Å². The number of aromatic nitrogens is 1. The zero-order chi connectivity index (χ0) is 18.2. The normalized spacial score (nSPS) is 12.3. The molecule has 1 heterocycles. The summed E-state index contributed by atoms with van der Waals surface area (Å²) in [6.07, 6.45) is -4.75. The van der Waals surface area contributed by atoms with Crippen molar-refractivity contribution < 1.29 is 26.0 Å². The lowest BCUT2D eigenvalue weighted by Gasteiger charge is -2.03. The molecule has 3 rings (SSSR count). The highest BCUT2D eigenvalue weighted by Crippen LogP contribution is 2.38. The van der Waals surface area contributed by atoms with Gasteiger partial charge in [-0.25, -0.2) is 18.5 Å². The average molecular weight is 368 g/mol. The molecule has 0 saturated carbocycles. The standard InChI is InChI=1S/C16H11F3N2O3S/c17-16(18,19)15-21-13(14(24-15)11-4-2-1-3-5-11)10-6-8-12(9-7-10)25(20,22)23/h1-9H,(H2,20,22,23). The zero-order valence-corrected chi connectivity index (χ0v) is 13.3. The van der Waals surface area contributed by atoms with Crippen molar-refractivity contribution >= 4 is 10.0 Å². The fourth-order valence-electron chi connectivity index (χ4n) is 2.22. The molecule has 25 heavy (non-hydrogen) atoms. The van der Waals surface area contributed by atoms with Crippen molar-refractivity contribution in [1.82, 2.24) is 4.98 Å². The molecule has 0 aliphatic heterocycles. The summed E-state index contributed by atoms with van der Waals surface area (Å²) in [5, 5.41) is 5.02. The van der Waals surface area contributed by atoms with E-state index in [0.717, 1.165) is 0 Å². The van der Waals surface area contributed by atoms with Crippen molar-refractivity contribution in [3.63, 3.8) is 0 Å². The third-order valence-electron chi connectivity index (χ3n) is 3.36. The first-order chi connectivity index (χ1) is 11.7. The maximum absolute atomic E-state index is 13.0. The molecule has 0 aliphatic carbocycles. The van der Waals surface area contributed by atoms with E-state index in [9.17, 15) is 21.6 Å². The van der Waals surface area contributed by atoms with E-state index in [1.54, 1.807) is 30.3 Å². The molecular weight excluding hydrogens is 357 g/mol. The number of nitrogens with two attached hydrogens (primary N) is 1. The number of benzene rings is 2. The molecule has 0 bridgehead atoms. The summed E-state index contributed by atoms with van der Waals surface area (Å²) in [6, 6.07) is 13.2. The van der Waals surface area contributed by atoms with Gasteiger partial charge >= 0.3 is 12.1 Å². The van der Waals surface area contributed by atoms with Crippen molar-refractivity contribution in [3.05, 3.63) is 60.5 Å². The van der Waals surface area contributed by atoms with Gasteiger partial charge in [0, 0.05) is 11.1 Å². The zero-order valence-electron chi connectivity index (χ0n) is 12.5. The molecule has 0 atom stereocenters. The molecule has 0 spiro atoms. The SMILES string of the molecule is NS(=O)(=O)c1ccc(-c2nc(C(F)(F)F)oc2-c2ccccc2)cc1. The Bertz CT molecular complexity index is 995. The van der Waals surface area contributed by atoms with Gasteiger partial charge in [-0.05, 0) is 12.1 Å². The first kappa shape index (κ1) is 17.2. The van der Waals surface area contributed by atoms with Gasteiger partial charge in [0.15, 0.2) is 5.76 Å². The van der Waals surface area contributed by atoms with Gasteiger partial charge < -0.3 is 4.42 Å². The minimum absolute atomic E-state index is 0.0421. The van der Waals surface area contributed by atoms with Gasteiger partial charge in [-0.15, -0.1) is 0 Å². The molecule has 0 unspecified atom stereocenters. The molecule has 0 aliphatic rings. The van der Waals surface area contributed by atoms with Crippen LogP contribution in [0.1, 0.15) is 5.89 Å². The number of rotatable bonds is 3. The van der Waals surface area contributed by atoms with E-state index in [2.05, 4.69) is 4.98 Å². The summed E-state index contributed by atoms with van der Waals surface area (Å²) in [5.41, 5.74) is 0.640. The van der Waals surface area contributed by atoms with Gasteiger partial charge in [0.25, 0.3) is 0 Å². The topological polar surface area (TPSA) is 86.2 Å². The van der Waals surface area contributed by atoms with E-state index >= 15 is 0 Å². The fraction of sp³-hybridized carbons (Fsp3) is 0.0625. The fourth-order valence-corrected chi connectivity index (χ4v) is 2.74. The van der Waals surface area contributed by atoms with Gasteiger partial charge in [-0.3, -0.25) is 0 Å². The summed E-state index contributed by atoms with van der Waals surface area (Å²) in [7, 11) is -3.91. The highest BCUT2D eigenvalue weighted by molar-refractivity contribution is 7.89. The van der Waals surface area contributed by atoms with Crippen molar-refractivity contribution in [2.75, 3.05) is 0 Å². The van der Waals surface area contributed by atoms with Gasteiger partial charge in [0.1, 0.15) is 5.69 Å². The van der Waals surface area contributed by atoms with E-state index in [1.807, 2.05) is 0 Å². The summed E-state index contributed by atoms with van der Waals surface area (Å²) < 4.78 is 66.5. The molecule has 5 nitrogen and oxygen atoms in total. The maximum Gasteiger partial charge on any atom is 0.468 e. The number of alkyl halides is 3. The van der Waals surface area contributed by atoms with Crippen LogP contribution in [0.25, 0.3) is 22.6 Å². The number of sulfonamides is 1. The second-order valence-corrected chi connectivity index (χ2v) is 6.69. The molecule has 0 radical (unpaired) electrons. The molecule has 3 aromatic rings. The second kappa shape index (κ2) is 6.01. The van der Waals surface area contributed by atoms with Crippen LogP contribution in [0.15, 0.2) is 63.9 Å². The van der Waals surface area contributed by atoms with Crippen LogP contribution >= 0.6 is 0 Å². The molecule has 0 fully saturated rings. The summed E-state index contributed by atoms with van der Waals surface area (Å²) in [4.78, 5) is 3.39. The van der Waals surface area contributed by atoms with Crippen LogP contribution in [0.3, 0.4) is 0 Å². The van der Waals surface area contributed by atoms with E-state index in [1.165, 1.54) is 24.3 Å². The van der Waals surface area contributed by atoms with Crippen molar-refractivity contribution in [2.24, 2.45) is 5.14 Å². The number of oxazole rings is 1. The van der Waals surface area contributed by atoms with E-state index in [0.29, 0.717) is 5.56 Å². The number of nitrogens with zero attached hydrogens (tertiary/aromatic N) is 1. The van der Waals surface area contributed by atoms with Crippen molar-refractivity contribution in [1.29, 1.82) is 0 Å². The predicted molar refractivity (Wildman–Crippen MR) is 83.8 cm³/mol. The lowest BCUT2D eigenvalue weighted by Crippen LogP contribution is -2.11. The summed E-state index contributed by atoms with van der Waals surface area (Å²) in [5.74, 6) is -1.44. The maximum atomic E-state index is 13.0. The van der Waals surface area contributed by atoms with Crippen LogP contribution in [0.4, 0.5) is 13.2 Å². The van der Waals surface area contributed by atoms with Crippen molar-refractivity contribution in [2.45, 2.75) is 11.1 Å². The van der Waals surface area contributed by atoms with E-state index in [4.69, 9.17) is 9.56 Å². The molecular formula is C16H11F3N2O3S. The van der Waals surface area contributed by atoms with Crippen molar-refractivity contribution in [3.8, 4) is 22.6 Å². The minimum Gasteiger partial charge on any atom is -0.432 e. The highest BCUT2D eigenvalue weighted by Gasteiger charge is 2.39. The van der Waals surface area contributed by atoms with Crippen LogP contribution in [-0.2, 0) is 16.2 Å². The summed E-state index contributed by atoms with van der Waals surface area (Å²) in [6.45, 7) is 0. The van der Waals surface area contributed by atoms with Crippen LogP contribution in [-0.4, -0.2) is 13.4 Å². The van der Waals surface area contributed by atoms with E-state index in [-0.39, 0.29) is 21.9 Å². The Hall–Kier alpha value is -2.65. The number of hydrogen-bond donors (Lipinski definition) is 1. The molecule has 2 N–H and O–H groups in total. The summed E-state index contributed by atoms with van der Waals surface area (Å²) >= 11 is 0. The first-order valence-electron chi connectivity index (χ1n) is 6.93. The molecule has 1 aromatic heterocycles. The van der Waals surface area contributed by atoms with Crippen LogP contribution in [0, 0.1) is 0 Å². The third kappa shape index (κ3) is 3.57. The number of halogens is 3. The molecule has 0 amide bonds. The van der Waals surface area contributed by atoms with Crippen LogP contribution in [0.2, 0.25) is 0 Å². The minimum atomic E-state index is -4.75. The molecule has 9 heteroatoms. The quantitative estimate of drug-likeness (QED) is 0.764. The highest BCUT2D eigenvalue weighted by atomic mass is 32.2. The Balaban J connectivity index is 2.16. The Morgan fingerprint density at radius 1 is 0.920 bits per heavy atom. The van der Waals surface area contributed by atoms with E-state index < -0.39 is 22.1 Å². The molecule has 0 saturated heterocycles. The predicted octanol–water partition coefficient (Wildman–Crippen LogP) is 3.67. The van der Waals surface area contributed by atoms with Gasteiger partial charge in [0.2, 0.25) is 10.0 Å². The van der Waals surface area contributed by atoms with Crippen LogP contribution in [0.5, 0.6) is 0 Å². The lowest BCUT2D eigenvalue weighted by molar-refractivity contribution is -0.156. The Morgan fingerprint density at radius 3 is 2.04 bits per heavy atom. The largest absolute Gasteiger partial charge is 0.468 e. The van der Waals surface area contributed by atoms with Gasteiger partial charge in [-0.2, -0.15) is 13.2 Å². The second-order valence-electron chi connectivity index (χ2n) is 5.13. The Kier molecular flexibility index (Phi) is 4.13.